The lowest BCUT2D eigenvalue weighted by atomic mass is 10.6. The summed E-state index contributed by atoms with van der Waals surface area (Å²) in [6.45, 7) is 0.632. The topological polar surface area (TPSA) is 88.1 Å². The zero-order valence-electron chi connectivity index (χ0n) is 5.46. The quantitative estimate of drug-likeness (QED) is 0.280. The smallest absolute Gasteiger partial charge is 0.243 e. The lowest BCUT2D eigenvalue weighted by Crippen LogP contribution is -2.21. The zero-order valence-corrected chi connectivity index (χ0v) is 5.46. The molecule has 0 fully saturated rings. The number of hydrogen-bond acceptors (Lipinski definition) is 4. The third-order valence-electron chi connectivity index (χ3n) is 0.695. The minimum atomic E-state index is -0.503. The Morgan fingerprint density at radius 3 is 3.00 bits per heavy atom. The van der Waals surface area contributed by atoms with Gasteiger partial charge in [-0.25, -0.2) is 0 Å². The standard InChI is InChI=1S/C5H9N3O2/c6-4-8-1-2-10-3-5(7)9/h8H,1-3H2,(H2,7,9). The van der Waals surface area contributed by atoms with Gasteiger partial charge in [-0.1, -0.05) is 0 Å². The number of nitrogens with one attached hydrogen (secondary N) is 1. The molecule has 0 bridgehead atoms. The molecule has 0 aromatic carbocycles. The molecule has 0 aromatic heterocycles. The summed E-state index contributed by atoms with van der Waals surface area (Å²) in [5.74, 6) is -0.503. The molecule has 0 aliphatic heterocycles. The summed E-state index contributed by atoms with van der Waals surface area (Å²) in [6, 6.07) is 0. The van der Waals surface area contributed by atoms with Crippen LogP contribution >= 0.6 is 0 Å². The Bertz CT molecular complexity index is 140. The molecule has 0 aliphatic carbocycles. The van der Waals surface area contributed by atoms with Gasteiger partial charge in [0.05, 0.1) is 6.61 Å². The van der Waals surface area contributed by atoms with Crippen LogP contribution in [0.4, 0.5) is 0 Å². The van der Waals surface area contributed by atoms with Gasteiger partial charge in [-0.15, -0.1) is 0 Å². The number of carbonyl (C=O) groups is 1. The van der Waals surface area contributed by atoms with E-state index in [1.165, 1.54) is 0 Å². The van der Waals surface area contributed by atoms with Crippen molar-refractivity contribution in [2.75, 3.05) is 19.8 Å². The first-order chi connectivity index (χ1) is 4.77. The molecule has 0 spiro atoms. The van der Waals surface area contributed by atoms with E-state index in [0.717, 1.165) is 0 Å². The van der Waals surface area contributed by atoms with E-state index in [1.54, 1.807) is 6.19 Å². The zero-order chi connectivity index (χ0) is 7.82. The highest BCUT2D eigenvalue weighted by Gasteiger charge is 1.91. The van der Waals surface area contributed by atoms with Crippen molar-refractivity contribution in [1.29, 1.82) is 5.26 Å². The molecular weight excluding hydrogens is 134 g/mol. The van der Waals surface area contributed by atoms with Crippen molar-refractivity contribution in [2.45, 2.75) is 0 Å². The van der Waals surface area contributed by atoms with Gasteiger partial charge < -0.3 is 15.8 Å². The number of primary amides is 1. The van der Waals surface area contributed by atoms with Crippen LogP contribution in [0.3, 0.4) is 0 Å². The second kappa shape index (κ2) is 5.85. The van der Waals surface area contributed by atoms with Gasteiger partial charge in [0.2, 0.25) is 5.91 Å². The Kier molecular flexibility index (Phi) is 5.10. The molecule has 5 nitrogen and oxygen atoms in total. The van der Waals surface area contributed by atoms with Crippen LogP contribution < -0.4 is 11.1 Å². The third-order valence-corrected chi connectivity index (χ3v) is 0.695. The van der Waals surface area contributed by atoms with Gasteiger partial charge in [0.25, 0.3) is 0 Å². The van der Waals surface area contributed by atoms with Crippen molar-refractivity contribution < 1.29 is 9.53 Å². The van der Waals surface area contributed by atoms with Crippen LogP contribution in [0.25, 0.3) is 0 Å². The molecule has 1 amide bonds. The second-order valence-corrected chi connectivity index (χ2v) is 1.56. The molecule has 0 aromatic rings. The van der Waals surface area contributed by atoms with Crippen molar-refractivity contribution >= 4 is 5.91 Å². The van der Waals surface area contributed by atoms with E-state index >= 15 is 0 Å². The Balaban J connectivity index is 2.92. The average molecular weight is 143 g/mol. The Morgan fingerprint density at radius 1 is 1.80 bits per heavy atom. The Hall–Kier alpha value is -1.28. The predicted molar refractivity (Wildman–Crippen MR) is 33.6 cm³/mol. The third kappa shape index (κ3) is 6.72. The largest absolute Gasteiger partial charge is 0.370 e. The van der Waals surface area contributed by atoms with Gasteiger partial charge >= 0.3 is 0 Å². The fraction of sp³-hybridized carbons (Fsp3) is 0.600. The summed E-state index contributed by atoms with van der Waals surface area (Å²) in [5, 5.41) is 10.3. The summed E-state index contributed by atoms with van der Waals surface area (Å²) >= 11 is 0. The van der Waals surface area contributed by atoms with Crippen molar-refractivity contribution in [2.24, 2.45) is 5.73 Å². The van der Waals surface area contributed by atoms with Crippen LogP contribution in [0.15, 0.2) is 0 Å². The molecule has 10 heavy (non-hydrogen) atoms. The highest BCUT2D eigenvalue weighted by molar-refractivity contribution is 5.74. The first kappa shape index (κ1) is 8.72. The van der Waals surface area contributed by atoms with Crippen LogP contribution in [-0.2, 0) is 9.53 Å². The lowest BCUT2D eigenvalue weighted by Gasteiger charge is -1.97. The summed E-state index contributed by atoms with van der Waals surface area (Å²) in [6.07, 6.45) is 1.71. The highest BCUT2D eigenvalue weighted by Crippen LogP contribution is 1.69. The summed E-state index contributed by atoms with van der Waals surface area (Å²) < 4.78 is 4.71. The number of carbonyl (C=O) groups excluding carboxylic acids is 1. The van der Waals surface area contributed by atoms with E-state index in [1.807, 2.05) is 0 Å². The maximum Gasteiger partial charge on any atom is 0.243 e. The monoisotopic (exact) mass is 143 g/mol. The van der Waals surface area contributed by atoms with E-state index in [4.69, 9.17) is 15.7 Å². The molecule has 0 unspecified atom stereocenters. The minimum Gasteiger partial charge on any atom is -0.370 e. The molecule has 0 rings (SSSR count). The van der Waals surface area contributed by atoms with Gasteiger partial charge in [0.15, 0.2) is 6.19 Å². The number of amides is 1. The van der Waals surface area contributed by atoms with Crippen molar-refractivity contribution in [3.63, 3.8) is 0 Å². The molecule has 0 radical (unpaired) electrons. The molecule has 0 saturated carbocycles. The van der Waals surface area contributed by atoms with Gasteiger partial charge in [0.1, 0.15) is 6.61 Å². The molecule has 3 N–H and O–H groups in total. The van der Waals surface area contributed by atoms with Crippen molar-refractivity contribution in [1.82, 2.24) is 5.32 Å². The van der Waals surface area contributed by atoms with Gasteiger partial charge in [-0.2, -0.15) is 5.26 Å². The first-order valence-corrected chi connectivity index (χ1v) is 2.75. The van der Waals surface area contributed by atoms with Crippen LogP contribution in [-0.4, -0.2) is 25.7 Å². The molecule has 0 saturated heterocycles. The van der Waals surface area contributed by atoms with Crippen LogP contribution in [0.5, 0.6) is 0 Å². The van der Waals surface area contributed by atoms with Crippen molar-refractivity contribution in [3.8, 4) is 6.19 Å². The van der Waals surface area contributed by atoms with Gasteiger partial charge in [-0.05, 0) is 0 Å². The SMILES string of the molecule is N#CNCCOCC(N)=O. The summed E-state index contributed by atoms with van der Waals surface area (Å²) in [4.78, 5) is 10.0. The molecule has 0 aliphatic rings. The maximum absolute atomic E-state index is 10.0. The van der Waals surface area contributed by atoms with E-state index < -0.39 is 5.91 Å². The number of nitriles is 1. The molecule has 0 heterocycles. The normalized spacial score (nSPS) is 8.30. The van der Waals surface area contributed by atoms with E-state index in [2.05, 4.69) is 5.32 Å². The minimum absolute atomic E-state index is 0.0902. The van der Waals surface area contributed by atoms with E-state index in [-0.39, 0.29) is 6.61 Å². The molecule has 5 heteroatoms. The average Bonchev–Trinajstić information content (AvgIpc) is 1.87. The van der Waals surface area contributed by atoms with Crippen LogP contribution in [0.2, 0.25) is 0 Å². The second-order valence-electron chi connectivity index (χ2n) is 1.56. The maximum atomic E-state index is 10.0. The lowest BCUT2D eigenvalue weighted by molar-refractivity contribution is -0.122. The highest BCUT2D eigenvalue weighted by atomic mass is 16.5. The molecular formula is C5H9N3O2. The number of nitrogens with zero attached hydrogens (tertiary/aromatic N) is 1. The summed E-state index contributed by atoms with van der Waals surface area (Å²) in [7, 11) is 0. The van der Waals surface area contributed by atoms with E-state index in [0.29, 0.717) is 13.2 Å². The fourth-order valence-electron chi connectivity index (χ4n) is 0.352. The fourth-order valence-corrected chi connectivity index (χ4v) is 0.352. The van der Waals surface area contributed by atoms with E-state index in [9.17, 15) is 4.79 Å². The summed E-state index contributed by atoms with van der Waals surface area (Å²) in [5.41, 5.74) is 4.76. The Labute approximate surface area is 58.8 Å². The number of hydrogen-bond donors (Lipinski definition) is 2. The van der Waals surface area contributed by atoms with Crippen molar-refractivity contribution in [3.05, 3.63) is 0 Å². The number of ether oxygens (including phenoxy) is 1. The van der Waals surface area contributed by atoms with Crippen LogP contribution in [0, 0.1) is 11.5 Å². The Morgan fingerprint density at radius 2 is 2.50 bits per heavy atom. The van der Waals surface area contributed by atoms with Gasteiger partial charge in [-0.3, -0.25) is 4.79 Å². The van der Waals surface area contributed by atoms with Crippen LogP contribution in [0.1, 0.15) is 0 Å². The first-order valence-electron chi connectivity index (χ1n) is 2.75. The number of nitrogens with two attached hydrogens (primary N) is 1. The molecule has 56 valence electrons. The molecule has 0 atom stereocenters. The van der Waals surface area contributed by atoms with Gasteiger partial charge in [0, 0.05) is 6.54 Å². The number of rotatable bonds is 5. The predicted octanol–water partition coefficient (Wildman–Crippen LogP) is -1.44.